The van der Waals surface area contributed by atoms with Crippen molar-refractivity contribution in [3.8, 4) is 0 Å². The highest BCUT2D eigenvalue weighted by molar-refractivity contribution is 6.17. The van der Waals surface area contributed by atoms with E-state index in [-0.39, 0.29) is 0 Å². The molecule has 0 N–H and O–H groups in total. The molecule has 1 atom stereocenters. The summed E-state index contributed by atoms with van der Waals surface area (Å²) in [5.74, 6) is 0.585. The van der Waals surface area contributed by atoms with Crippen LogP contribution in [0.5, 0.6) is 0 Å². The van der Waals surface area contributed by atoms with Gasteiger partial charge in [0.15, 0.2) is 0 Å². The Kier molecular flexibility index (Phi) is 4.30. The summed E-state index contributed by atoms with van der Waals surface area (Å²) in [6.45, 7) is 4.00. The van der Waals surface area contributed by atoms with E-state index in [4.69, 9.17) is 16.3 Å². The van der Waals surface area contributed by atoms with Crippen LogP contribution in [0, 0.1) is 6.92 Å². The zero-order valence-corrected chi connectivity index (χ0v) is 11.3. The molecule has 94 valence electrons. The number of rotatable bonds is 4. The normalized spacial score (nSPS) is 19.6. The third-order valence-electron chi connectivity index (χ3n) is 3.41. The van der Waals surface area contributed by atoms with E-state index in [1.54, 1.807) is 0 Å². The lowest BCUT2D eigenvalue weighted by Crippen LogP contribution is -2.28. The van der Waals surface area contributed by atoms with Gasteiger partial charge in [-0.3, -0.25) is 0 Å². The number of hydrogen-bond donors (Lipinski definition) is 0. The molecule has 17 heavy (non-hydrogen) atoms. The molecule has 2 nitrogen and oxygen atoms in total. The fraction of sp³-hybridized carbons (Fsp3) is 0.571. The predicted octanol–water partition coefficient (Wildman–Crippen LogP) is 3.35. The Morgan fingerprint density at radius 2 is 2.29 bits per heavy atom. The molecule has 0 aromatic heterocycles. The maximum atomic E-state index is 5.87. The Balaban J connectivity index is 2.02. The van der Waals surface area contributed by atoms with E-state index in [2.05, 4.69) is 37.1 Å². The smallest absolute Gasteiger partial charge is 0.0750 e. The van der Waals surface area contributed by atoms with Crippen molar-refractivity contribution in [2.45, 2.75) is 31.7 Å². The summed E-state index contributed by atoms with van der Waals surface area (Å²) >= 11 is 5.87. The van der Waals surface area contributed by atoms with E-state index in [1.165, 1.54) is 29.7 Å². The Bertz CT molecular complexity index is 374. The number of likely N-dealkylation sites (N-methyl/N-ethyl adjacent to an activating group) is 1. The van der Waals surface area contributed by atoms with Crippen LogP contribution in [0.4, 0.5) is 5.69 Å². The van der Waals surface area contributed by atoms with Gasteiger partial charge in [-0.15, -0.1) is 11.6 Å². The van der Waals surface area contributed by atoms with Gasteiger partial charge in [-0.05, 0) is 43.0 Å². The summed E-state index contributed by atoms with van der Waals surface area (Å²) in [7, 11) is 2.12. The molecule has 3 heteroatoms. The standard InChI is InChI=1S/C14H20ClNO/c1-11-8-13(6-5-12(11)9-15)16(2)10-14-4-3-7-17-14/h5-6,8,14H,3-4,7,9-10H2,1-2H3. The highest BCUT2D eigenvalue weighted by Crippen LogP contribution is 2.21. The van der Waals surface area contributed by atoms with Crippen molar-refractivity contribution in [3.63, 3.8) is 0 Å². The highest BCUT2D eigenvalue weighted by Gasteiger charge is 2.17. The Hall–Kier alpha value is -0.730. The summed E-state index contributed by atoms with van der Waals surface area (Å²) in [5.41, 5.74) is 3.71. The van der Waals surface area contributed by atoms with Crippen LogP contribution in [0.25, 0.3) is 0 Å². The second-order valence-electron chi connectivity index (χ2n) is 4.76. The van der Waals surface area contributed by atoms with Gasteiger partial charge in [0.25, 0.3) is 0 Å². The zero-order valence-electron chi connectivity index (χ0n) is 10.6. The molecule has 0 aliphatic carbocycles. The molecule has 1 unspecified atom stereocenters. The summed E-state index contributed by atoms with van der Waals surface area (Å²) < 4.78 is 5.66. The van der Waals surface area contributed by atoms with Crippen LogP contribution in [-0.4, -0.2) is 26.3 Å². The van der Waals surface area contributed by atoms with Crippen LogP contribution in [0.1, 0.15) is 24.0 Å². The first-order valence-corrected chi connectivity index (χ1v) is 6.72. The Labute approximate surface area is 109 Å². The van der Waals surface area contributed by atoms with Gasteiger partial charge in [-0.1, -0.05) is 6.07 Å². The maximum Gasteiger partial charge on any atom is 0.0750 e. The molecule has 0 radical (unpaired) electrons. The topological polar surface area (TPSA) is 12.5 Å². The first-order chi connectivity index (χ1) is 8.20. The summed E-state index contributed by atoms with van der Waals surface area (Å²) in [6, 6.07) is 6.45. The number of aryl methyl sites for hydroxylation is 1. The van der Waals surface area contributed by atoms with Gasteiger partial charge in [-0.25, -0.2) is 0 Å². The summed E-state index contributed by atoms with van der Waals surface area (Å²) in [4.78, 5) is 2.26. The van der Waals surface area contributed by atoms with Gasteiger partial charge in [0.1, 0.15) is 0 Å². The maximum absolute atomic E-state index is 5.87. The number of halogens is 1. The lowest BCUT2D eigenvalue weighted by molar-refractivity contribution is 0.116. The molecule has 1 heterocycles. The largest absolute Gasteiger partial charge is 0.376 e. The van der Waals surface area contributed by atoms with Crippen LogP contribution in [0.15, 0.2) is 18.2 Å². The first-order valence-electron chi connectivity index (χ1n) is 6.19. The Morgan fingerprint density at radius 3 is 2.88 bits per heavy atom. The fourth-order valence-electron chi connectivity index (χ4n) is 2.27. The molecule has 0 bridgehead atoms. The lowest BCUT2D eigenvalue weighted by atomic mass is 10.1. The van der Waals surface area contributed by atoms with Crippen LogP contribution in [-0.2, 0) is 10.6 Å². The highest BCUT2D eigenvalue weighted by atomic mass is 35.5. The zero-order chi connectivity index (χ0) is 12.3. The number of alkyl halides is 1. The van der Waals surface area contributed by atoms with E-state index in [0.717, 1.165) is 13.2 Å². The minimum atomic E-state index is 0.396. The number of hydrogen-bond acceptors (Lipinski definition) is 2. The Morgan fingerprint density at radius 1 is 1.47 bits per heavy atom. The van der Waals surface area contributed by atoms with Gasteiger partial charge in [0.2, 0.25) is 0 Å². The van der Waals surface area contributed by atoms with Crippen LogP contribution < -0.4 is 4.90 Å². The second kappa shape index (κ2) is 5.74. The molecule has 1 saturated heterocycles. The van der Waals surface area contributed by atoms with Crippen molar-refractivity contribution in [1.82, 2.24) is 0 Å². The van der Waals surface area contributed by atoms with Gasteiger partial charge in [-0.2, -0.15) is 0 Å². The number of benzene rings is 1. The lowest BCUT2D eigenvalue weighted by Gasteiger charge is -2.23. The summed E-state index contributed by atoms with van der Waals surface area (Å²) in [6.07, 6.45) is 2.78. The number of nitrogens with zero attached hydrogens (tertiary/aromatic N) is 1. The van der Waals surface area contributed by atoms with E-state index in [0.29, 0.717) is 12.0 Å². The molecule has 0 saturated carbocycles. The number of ether oxygens (including phenoxy) is 1. The van der Waals surface area contributed by atoms with Gasteiger partial charge in [0.05, 0.1) is 6.10 Å². The van der Waals surface area contributed by atoms with Crippen LogP contribution in [0.3, 0.4) is 0 Å². The minimum Gasteiger partial charge on any atom is -0.376 e. The molecule has 1 aromatic carbocycles. The minimum absolute atomic E-state index is 0.396. The molecule has 1 aliphatic heterocycles. The van der Waals surface area contributed by atoms with Gasteiger partial charge >= 0.3 is 0 Å². The monoisotopic (exact) mass is 253 g/mol. The van der Waals surface area contributed by atoms with E-state index < -0.39 is 0 Å². The molecular weight excluding hydrogens is 234 g/mol. The van der Waals surface area contributed by atoms with Crippen molar-refractivity contribution in [2.24, 2.45) is 0 Å². The average molecular weight is 254 g/mol. The fourth-order valence-corrected chi connectivity index (χ4v) is 2.57. The van der Waals surface area contributed by atoms with Crippen LogP contribution in [0.2, 0.25) is 0 Å². The van der Waals surface area contributed by atoms with E-state index in [1.807, 2.05) is 0 Å². The molecule has 1 aromatic rings. The quantitative estimate of drug-likeness (QED) is 0.763. The van der Waals surface area contributed by atoms with E-state index in [9.17, 15) is 0 Å². The molecule has 1 fully saturated rings. The SMILES string of the molecule is Cc1cc(N(C)CC2CCCO2)ccc1CCl. The third kappa shape index (κ3) is 3.14. The first kappa shape index (κ1) is 12.7. The molecule has 0 amide bonds. The van der Waals surface area contributed by atoms with Crippen molar-refractivity contribution in [1.29, 1.82) is 0 Å². The number of anilines is 1. The molecule has 0 spiro atoms. The molecule has 1 aliphatic rings. The van der Waals surface area contributed by atoms with Gasteiger partial charge < -0.3 is 9.64 Å². The molecule has 2 rings (SSSR count). The van der Waals surface area contributed by atoms with E-state index >= 15 is 0 Å². The van der Waals surface area contributed by atoms with Crippen molar-refractivity contribution in [2.75, 3.05) is 25.1 Å². The van der Waals surface area contributed by atoms with Crippen molar-refractivity contribution >= 4 is 17.3 Å². The second-order valence-corrected chi connectivity index (χ2v) is 5.03. The van der Waals surface area contributed by atoms with Crippen LogP contribution >= 0.6 is 11.6 Å². The van der Waals surface area contributed by atoms with Crippen molar-refractivity contribution < 1.29 is 4.74 Å². The third-order valence-corrected chi connectivity index (χ3v) is 3.70. The van der Waals surface area contributed by atoms with Crippen molar-refractivity contribution in [3.05, 3.63) is 29.3 Å². The van der Waals surface area contributed by atoms with Gasteiger partial charge in [0, 0.05) is 31.8 Å². The summed E-state index contributed by atoms with van der Waals surface area (Å²) in [5, 5.41) is 0. The molecular formula is C14H20ClNO. The average Bonchev–Trinajstić information content (AvgIpc) is 2.81. The predicted molar refractivity (Wildman–Crippen MR) is 73.0 cm³/mol.